The molecule has 1 saturated heterocycles. The molecule has 3 N–H and O–H groups in total. The van der Waals surface area contributed by atoms with Crippen LogP contribution in [0.3, 0.4) is 0 Å². The Morgan fingerprint density at radius 2 is 1.90 bits per heavy atom. The van der Waals surface area contributed by atoms with E-state index in [1.165, 1.54) is 19.3 Å². The van der Waals surface area contributed by atoms with Gasteiger partial charge in [-0.25, -0.2) is 0 Å². The fourth-order valence-corrected chi connectivity index (χ4v) is 3.59. The molecule has 6 nitrogen and oxygen atoms in total. The van der Waals surface area contributed by atoms with Gasteiger partial charge in [0.25, 0.3) is 0 Å². The molecule has 0 spiro atoms. The highest BCUT2D eigenvalue weighted by atomic mass is 16.7. The van der Waals surface area contributed by atoms with E-state index < -0.39 is 12.1 Å². The molecule has 0 saturated carbocycles. The van der Waals surface area contributed by atoms with Crippen LogP contribution in [-0.2, 0) is 16.1 Å². The van der Waals surface area contributed by atoms with E-state index in [0.717, 1.165) is 44.3 Å². The number of hydroxylamine groups is 2. The van der Waals surface area contributed by atoms with Crippen LogP contribution in [0.25, 0.3) is 0 Å². The van der Waals surface area contributed by atoms with Gasteiger partial charge in [-0.05, 0) is 24.8 Å². The Morgan fingerprint density at radius 3 is 2.57 bits per heavy atom. The van der Waals surface area contributed by atoms with Crippen molar-refractivity contribution in [2.24, 2.45) is 0 Å². The number of carbonyl (C=O) groups is 1. The molecular formula is C24H38N2O4. The van der Waals surface area contributed by atoms with Crippen molar-refractivity contribution in [2.75, 3.05) is 19.7 Å². The van der Waals surface area contributed by atoms with Crippen molar-refractivity contribution < 1.29 is 19.8 Å². The lowest BCUT2D eigenvalue weighted by atomic mass is 10.1. The lowest BCUT2D eigenvalue weighted by molar-refractivity contribution is -0.171. The van der Waals surface area contributed by atoms with Gasteiger partial charge in [0.15, 0.2) is 0 Å². The van der Waals surface area contributed by atoms with Crippen LogP contribution < -0.4 is 5.32 Å². The van der Waals surface area contributed by atoms with Gasteiger partial charge in [0.2, 0.25) is 5.91 Å². The van der Waals surface area contributed by atoms with Crippen LogP contribution in [0, 0.1) is 0 Å². The average molecular weight is 419 g/mol. The Bertz CT molecular complexity index is 617. The highest BCUT2D eigenvalue weighted by molar-refractivity contribution is 5.78. The standard InChI is InChI=1S/C24H38N2O4/c1-2-3-4-8-13-21(30-26-16-9-10-17-26)14-15-23(28)22(19-27)25-24(29)18-20-11-6-5-7-12-20/h5-7,11-12,14-15,21-23,27-28H,2-4,8-10,13,16-19H2,1H3,(H,25,29)/t21-,22+,23-/m1/s1. The van der Waals surface area contributed by atoms with Crippen molar-refractivity contribution in [3.05, 3.63) is 48.0 Å². The third kappa shape index (κ3) is 9.39. The van der Waals surface area contributed by atoms with Gasteiger partial charge in [0, 0.05) is 13.1 Å². The minimum absolute atomic E-state index is 0.103. The molecule has 3 atom stereocenters. The van der Waals surface area contributed by atoms with Gasteiger partial charge >= 0.3 is 0 Å². The monoisotopic (exact) mass is 418 g/mol. The van der Waals surface area contributed by atoms with Gasteiger partial charge in [-0.2, -0.15) is 5.06 Å². The molecule has 1 aromatic carbocycles. The second kappa shape index (κ2) is 14.3. The molecule has 0 aliphatic carbocycles. The van der Waals surface area contributed by atoms with Crippen molar-refractivity contribution in [3.63, 3.8) is 0 Å². The van der Waals surface area contributed by atoms with E-state index in [4.69, 9.17) is 4.84 Å². The molecule has 0 unspecified atom stereocenters. The van der Waals surface area contributed by atoms with E-state index in [1.807, 2.05) is 41.5 Å². The summed E-state index contributed by atoms with van der Waals surface area (Å²) in [6.45, 7) is 3.74. The number of benzene rings is 1. The summed E-state index contributed by atoms with van der Waals surface area (Å²) in [7, 11) is 0. The first-order chi connectivity index (χ1) is 14.6. The SMILES string of the molecule is CCCCCC[C@H](C=C[C@@H](O)[C@H](CO)NC(=O)Cc1ccccc1)ON1CCCC1. The summed E-state index contributed by atoms with van der Waals surface area (Å²) in [5.41, 5.74) is 0.892. The number of nitrogens with one attached hydrogen (secondary N) is 1. The molecule has 168 valence electrons. The molecule has 0 bridgehead atoms. The Labute approximate surface area is 180 Å². The smallest absolute Gasteiger partial charge is 0.224 e. The first kappa shape index (κ1) is 24.5. The van der Waals surface area contributed by atoms with Crippen LogP contribution in [0.1, 0.15) is 57.4 Å². The predicted molar refractivity (Wildman–Crippen MR) is 119 cm³/mol. The van der Waals surface area contributed by atoms with Crippen molar-refractivity contribution in [2.45, 2.75) is 76.5 Å². The first-order valence-electron chi connectivity index (χ1n) is 11.3. The van der Waals surface area contributed by atoms with Crippen LogP contribution >= 0.6 is 0 Å². The third-order valence-corrected chi connectivity index (χ3v) is 5.38. The van der Waals surface area contributed by atoms with E-state index in [2.05, 4.69) is 12.2 Å². The maximum atomic E-state index is 12.3. The van der Waals surface area contributed by atoms with Gasteiger partial charge in [-0.3, -0.25) is 9.63 Å². The number of aliphatic hydroxyl groups is 2. The molecule has 1 aromatic rings. The second-order valence-corrected chi connectivity index (χ2v) is 8.02. The summed E-state index contributed by atoms with van der Waals surface area (Å²) >= 11 is 0. The van der Waals surface area contributed by atoms with Gasteiger partial charge in [-0.1, -0.05) is 75.1 Å². The Balaban J connectivity index is 1.87. The fraction of sp³-hybridized carbons (Fsp3) is 0.625. The number of rotatable bonds is 14. The van der Waals surface area contributed by atoms with Crippen molar-refractivity contribution in [3.8, 4) is 0 Å². The number of nitrogens with zero attached hydrogens (tertiary/aromatic N) is 1. The third-order valence-electron chi connectivity index (χ3n) is 5.38. The van der Waals surface area contributed by atoms with E-state index in [1.54, 1.807) is 6.08 Å². The number of aliphatic hydroxyl groups excluding tert-OH is 2. The minimum atomic E-state index is -0.977. The van der Waals surface area contributed by atoms with E-state index in [0.29, 0.717) is 0 Å². The zero-order valence-corrected chi connectivity index (χ0v) is 18.2. The summed E-state index contributed by atoms with van der Waals surface area (Å²) in [5, 5.41) is 24.9. The number of hydrogen-bond donors (Lipinski definition) is 3. The highest BCUT2D eigenvalue weighted by Crippen LogP contribution is 2.16. The molecule has 6 heteroatoms. The molecule has 0 radical (unpaired) electrons. The summed E-state index contributed by atoms with van der Waals surface area (Å²) in [4.78, 5) is 18.4. The molecule has 1 heterocycles. The minimum Gasteiger partial charge on any atom is -0.394 e. The van der Waals surface area contributed by atoms with Crippen molar-refractivity contribution >= 4 is 5.91 Å². The first-order valence-corrected chi connectivity index (χ1v) is 11.3. The summed E-state index contributed by atoms with van der Waals surface area (Å²) in [6.07, 6.45) is 10.5. The van der Waals surface area contributed by atoms with Crippen LogP contribution in [0.5, 0.6) is 0 Å². The molecule has 2 rings (SSSR count). The molecular weight excluding hydrogens is 380 g/mol. The van der Waals surface area contributed by atoms with Gasteiger partial charge in [-0.15, -0.1) is 0 Å². The lowest BCUT2D eigenvalue weighted by Gasteiger charge is -2.23. The topological polar surface area (TPSA) is 82.0 Å². The zero-order chi connectivity index (χ0) is 21.6. The van der Waals surface area contributed by atoms with Gasteiger partial charge in [0.1, 0.15) is 0 Å². The van der Waals surface area contributed by atoms with Gasteiger partial charge in [0.05, 0.1) is 31.3 Å². The Morgan fingerprint density at radius 1 is 1.17 bits per heavy atom. The predicted octanol–water partition coefficient (Wildman–Crippen LogP) is 2.99. The normalized spacial score (nSPS) is 17.8. The molecule has 30 heavy (non-hydrogen) atoms. The molecule has 1 aliphatic heterocycles. The van der Waals surface area contributed by atoms with Gasteiger partial charge < -0.3 is 15.5 Å². The van der Waals surface area contributed by atoms with E-state index >= 15 is 0 Å². The molecule has 0 aromatic heterocycles. The fourth-order valence-electron chi connectivity index (χ4n) is 3.59. The number of carbonyl (C=O) groups excluding carboxylic acids is 1. The lowest BCUT2D eigenvalue weighted by Crippen LogP contribution is -2.45. The van der Waals surface area contributed by atoms with E-state index in [9.17, 15) is 15.0 Å². The maximum Gasteiger partial charge on any atom is 0.224 e. The number of hydrogen-bond acceptors (Lipinski definition) is 5. The summed E-state index contributed by atoms with van der Waals surface area (Å²) in [5.74, 6) is -0.225. The van der Waals surface area contributed by atoms with E-state index in [-0.39, 0.29) is 25.0 Å². The largest absolute Gasteiger partial charge is 0.394 e. The van der Waals surface area contributed by atoms with Crippen LogP contribution in [-0.4, -0.2) is 59.1 Å². The average Bonchev–Trinajstić information content (AvgIpc) is 3.26. The summed E-state index contributed by atoms with van der Waals surface area (Å²) in [6, 6.07) is 8.67. The number of unbranched alkanes of at least 4 members (excludes halogenated alkanes) is 3. The molecule has 1 fully saturated rings. The van der Waals surface area contributed by atoms with Crippen LogP contribution in [0.2, 0.25) is 0 Å². The van der Waals surface area contributed by atoms with Crippen LogP contribution in [0.4, 0.5) is 0 Å². The zero-order valence-electron chi connectivity index (χ0n) is 18.2. The number of amides is 1. The molecule has 1 aliphatic rings. The Hall–Kier alpha value is -1.73. The highest BCUT2D eigenvalue weighted by Gasteiger charge is 2.20. The van der Waals surface area contributed by atoms with Crippen molar-refractivity contribution in [1.29, 1.82) is 0 Å². The summed E-state index contributed by atoms with van der Waals surface area (Å²) < 4.78 is 0. The Kier molecular flexibility index (Phi) is 11.7. The second-order valence-electron chi connectivity index (χ2n) is 8.02. The van der Waals surface area contributed by atoms with Crippen LogP contribution in [0.15, 0.2) is 42.5 Å². The maximum absolute atomic E-state index is 12.3. The molecule has 1 amide bonds. The quantitative estimate of drug-likeness (QED) is 0.320. The van der Waals surface area contributed by atoms with Crippen molar-refractivity contribution in [1.82, 2.24) is 10.4 Å².